The van der Waals surface area contributed by atoms with Crippen molar-refractivity contribution in [2.45, 2.75) is 11.8 Å². The average molecular weight is 268 g/mol. The van der Waals surface area contributed by atoms with Gasteiger partial charge in [-0.1, -0.05) is 6.07 Å². The number of nitrogens with two attached hydrogens (primary N) is 1. The Balaban J connectivity index is 2.41. The summed E-state index contributed by atoms with van der Waals surface area (Å²) in [5.41, 5.74) is 7.27. The Morgan fingerprint density at radius 1 is 1.29 bits per heavy atom. The lowest BCUT2D eigenvalue weighted by atomic mass is 10.2. The molecule has 0 atom stereocenters. The van der Waals surface area contributed by atoms with Gasteiger partial charge in [0, 0.05) is 11.1 Å². The van der Waals surface area contributed by atoms with E-state index < -0.39 is 10.0 Å². The van der Waals surface area contributed by atoms with Crippen molar-refractivity contribution in [3.63, 3.8) is 0 Å². The van der Waals surface area contributed by atoms with Crippen LogP contribution in [0, 0.1) is 6.92 Å². The summed E-state index contributed by atoms with van der Waals surface area (Å²) in [5, 5.41) is 3.54. The zero-order chi connectivity index (χ0) is 12.5. The van der Waals surface area contributed by atoms with Crippen molar-refractivity contribution in [1.82, 2.24) is 0 Å². The fourth-order valence-corrected chi connectivity index (χ4v) is 3.43. The number of rotatable bonds is 3. The quantitative estimate of drug-likeness (QED) is 0.840. The number of nitrogen functional groups attached to an aromatic ring is 1. The van der Waals surface area contributed by atoms with Gasteiger partial charge in [-0.15, -0.1) is 0 Å². The number of benzene rings is 1. The smallest absolute Gasteiger partial charge is 0.262 e. The van der Waals surface area contributed by atoms with E-state index in [4.69, 9.17) is 5.73 Å². The predicted octanol–water partition coefficient (Wildman–Crippen LogP) is 2.44. The first-order chi connectivity index (χ1) is 7.99. The maximum atomic E-state index is 12.1. The van der Waals surface area contributed by atoms with Crippen LogP contribution >= 0.6 is 11.3 Å². The highest BCUT2D eigenvalue weighted by Gasteiger charge is 2.17. The van der Waals surface area contributed by atoms with Crippen LogP contribution in [0.2, 0.25) is 0 Å². The summed E-state index contributed by atoms with van der Waals surface area (Å²) in [5.74, 6) is 0. The lowest BCUT2D eigenvalue weighted by Gasteiger charge is -2.09. The number of hydrogen-bond acceptors (Lipinski definition) is 4. The number of aryl methyl sites for hydroxylation is 1. The Labute approximate surface area is 104 Å². The second kappa shape index (κ2) is 4.38. The molecule has 0 saturated heterocycles. The number of hydrogen-bond donors (Lipinski definition) is 2. The lowest BCUT2D eigenvalue weighted by molar-refractivity contribution is 0.600. The van der Waals surface area contributed by atoms with Gasteiger partial charge in [-0.2, -0.15) is 11.3 Å². The van der Waals surface area contributed by atoms with Gasteiger partial charge in [-0.25, -0.2) is 8.42 Å². The van der Waals surface area contributed by atoms with Crippen molar-refractivity contribution >= 4 is 32.7 Å². The number of nitrogens with one attached hydrogen (secondary N) is 1. The summed E-state index contributed by atoms with van der Waals surface area (Å²) in [4.78, 5) is 0.212. The molecule has 2 rings (SSSR count). The lowest BCUT2D eigenvalue weighted by Crippen LogP contribution is -2.14. The Hall–Kier alpha value is -1.53. The van der Waals surface area contributed by atoms with Gasteiger partial charge in [0.15, 0.2) is 0 Å². The normalized spacial score (nSPS) is 11.4. The van der Waals surface area contributed by atoms with Crippen LogP contribution in [0.25, 0.3) is 0 Å². The van der Waals surface area contributed by atoms with Crippen LogP contribution in [0.3, 0.4) is 0 Å². The third-order valence-electron chi connectivity index (χ3n) is 2.28. The van der Waals surface area contributed by atoms with Crippen LogP contribution in [0.1, 0.15) is 5.56 Å². The van der Waals surface area contributed by atoms with E-state index >= 15 is 0 Å². The molecule has 1 heterocycles. The molecule has 3 N–H and O–H groups in total. The molecule has 6 heteroatoms. The van der Waals surface area contributed by atoms with Crippen LogP contribution in [0.4, 0.5) is 11.4 Å². The standard InChI is InChI=1S/C11H12N2O2S2/c1-8-2-3-9(12)6-11(8)17(14,15)13-10-4-5-16-7-10/h2-7,13H,12H2,1H3. The molecule has 0 spiro atoms. The van der Waals surface area contributed by atoms with Crippen molar-refractivity contribution in [3.05, 3.63) is 40.6 Å². The van der Waals surface area contributed by atoms with Crippen molar-refractivity contribution in [2.75, 3.05) is 10.5 Å². The Kier molecular flexibility index (Phi) is 3.08. The Bertz CT molecular complexity index is 619. The molecule has 0 radical (unpaired) electrons. The van der Waals surface area contributed by atoms with Gasteiger partial charge in [0.2, 0.25) is 0 Å². The third kappa shape index (κ3) is 2.59. The van der Waals surface area contributed by atoms with E-state index in [2.05, 4.69) is 4.72 Å². The zero-order valence-corrected chi connectivity index (χ0v) is 10.8. The van der Waals surface area contributed by atoms with Gasteiger partial charge in [-0.3, -0.25) is 4.72 Å². The molecule has 2 aromatic rings. The van der Waals surface area contributed by atoms with E-state index in [1.807, 2.05) is 5.38 Å². The second-order valence-corrected chi connectivity index (χ2v) is 6.07. The van der Waals surface area contributed by atoms with E-state index in [0.717, 1.165) is 0 Å². The van der Waals surface area contributed by atoms with Crippen LogP contribution < -0.4 is 10.5 Å². The Morgan fingerprint density at radius 2 is 2.06 bits per heavy atom. The van der Waals surface area contributed by atoms with E-state index in [0.29, 0.717) is 16.9 Å². The second-order valence-electron chi connectivity index (χ2n) is 3.64. The van der Waals surface area contributed by atoms with Crippen molar-refractivity contribution in [2.24, 2.45) is 0 Å². The fraction of sp³-hybridized carbons (Fsp3) is 0.0909. The van der Waals surface area contributed by atoms with Crippen LogP contribution in [-0.2, 0) is 10.0 Å². The predicted molar refractivity (Wildman–Crippen MR) is 70.7 cm³/mol. The van der Waals surface area contributed by atoms with Crippen LogP contribution in [-0.4, -0.2) is 8.42 Å². The van der Waals surface area contributed by atoms with Gasteiger partial charge in [0.1, 0.15) is 0 Å². The minimum atomic E-state index is -3.56. The van der Waals surface area contributed by atoms with E-state index in [1.165, 1.54) is 17.4 Å². The summed E-state index contributed by atoms with van der Waals surface area (Å²) < 4.78 is 26.7. The van der Waals surface area contributed by atoms with Gasteiger partial charge in [0.25, 0.3) is 10.0 Å². The summed E-state index contributed by atoms with van der Waals surface area (Å²) in [7, 11) is -3.56. The molecule has 0 aliphatic heterocycles. The molecule has 0 bridgehead atoms. The number of anilines is 2. The number of thiophene rings is 1. The maximum absolute atomic E-state index is 12.1. The van der Waals surface area contributed by atoms with Crippen LogP contribution in [0.15, 0.2) is 39.9 Å². The van der Waals surface area contributed by atoms with Gasteiger partial charge >= 0.3 is 0 Å². The molecule has 1 aromatic heterocycles. The third-order valence-corrected chi connectivity index (χ3v) is 4.48. The molecule has 90 valence electrons. The molecular formula is C11H12N2O2S2. The summed E-state index contributed by atoms with van der Waals surface area (Å²) in [6, 6.07) is 6.55. The molecule has 0 amide bonds. The van der Waals surface area contributed by atoms with Crippen molar-refractivity contribution in [3.8, 4) is 0 Å². The topological polar surface area (TPSA) is 72.2 Å². The van der Waals surface area contributed by atoms with Crippen molar-refractivity contribution < 1.29 is 8.42 Å². The molecule has 0 fully saturated rings. The first-order valence-corrected chi connectivity index (χ1v) is 7.33. The first-order valence-electron chi connectivity index (χ1n) is 4.90. The summed E-state index contributed by atoms with van der Waals surface area (Å²) in [6.07, 6.45) is 0. The molecule has 0 aliphatic rings. The van der Waals surface area contributed by atoms with Crippen molar-refractivity contribution in [1.29, 1.82) is 0 Å². The van der Waals surface area contributed by atoms with Crippen LogP contribution in [0.5, 0.6) is 0 Å². The summed E-state index contributed by atoms with van der Waals surface area (Å²) in [6.45, 7) is 1.74. The zero-order valence-electron chi connectivity index (χ0n) is 9.17. The SMILES string of the molecule is Cc1ccc(N)cc1S(=O)(=O)Nc1ccsc1. The molecule has 1 aromatic carbocycles. The van der Waals surface area contributed by atoms with E-state index in [-0.39, 0.29) is 4.90 Å². The minimum absolute atomic E-state index is 0.212. The van der Waals surface area contributed by atoms with Gasteiger partial charge in [-0.05, 0) is 36.1 Å². The molecule has 0 unspecified atom stereocenters. The molecular weight excluding hydrogens is 256 g/mol. The molecule has 0 aliphatic carbocycles. The Morgan fingerprint density at radius 3 is 2.71 bits per heavy atom. The van der Waals surface area contributed by atoms with E-state index in [9.17, 15) is 8.42 Å². The highest BCUT2D eigenvalue weighted by Crippen LogP contribution is 2.22. The van der Waals surface area contributed by atoms with E-state index in [1.54, 1.807) is 30.5 Å². The molecule has 17 heavy (non-hydrogen) atoms. The highest BCUT2D eigenvalue weighted by atomic mass is 32.2. The van der Waals surface area contributed by atoms with Gasteiger partial charge in [0.05, 0.1) is 10.6 Å². The first kappa shape index (κ1) is 11.9. The maximum Gasteiger partial charge on any atom is 0.262 e. The largest absolute Gasteiger partial charge is 0.399 e. The van der Waals surface area contributed by atoms with Gasteiger partial charge < -0.3 is 5.73 Å². The molecule has 0 saturated carbocycles. The average Bonchev–Trinajstić information content (AvgIpc) is 2.73. The minimum Gasteiger partial charge on any atom is -0.399 e. The molecule has 4 nitrogen and oxygen atoms in total. The number of sulfonamides is 1. The highest BCUT2D eigenvalue weighted by molar-refractivity contribution is 7.92. The monoisotopic (exact) mass is 268 g/mol. The summed E-state index contributed by atoms with van der Waals surface area (Å²) >= 11 is 1.43. The fourth-order valence-electron chi connectivity index (χ4n) is 1.44.